The minimum absolute atomic E-state index is 0.210. The molecule has 2 atom stereocenters. The summed E-state index contributed by atoms with van der Waals surface area (Å²) in [6.07, 6.45) is 2.83. The first-order valence-corrected chi connectivity index (χ1v) is 7.41. The van der Waals surface area contributed by atoms with E-state index in [-0.39, 0.29) is 5.49 Å². The van der Waals surface area contributed by atoms with Crippen LogP contribution in [-0.4, -0.2) is 23.4 Å². The molecule has 1 saturated carbocycles. The Morgan fingerprint density at radius 1 is 1.00 bits per heavy atom. The minimum Gasteiger partial charge on any atom is -0.493 e. The number of amides is 2. The fourth-order valence-electron chi connectivity index (χ4n) is 2.79. The Bertz CT molecular complexity index is 878. The number of ether oxygens (including phenoxy) is 1. The maximum Gasteiger partial charge on any atom is 0.339 e. The van der Waals surface area contributed by atoms with Gasteiger partial charge in [-0.05, 0) is 36.1 Å². The van der Waals surface area contributed by atoms with E-state index in [4.69, 9.17) is 4.74 Å². The molecule has 2 aliphatic heterocycles. The molecule has 1 aliphatic carbocycles. The van der Waals surface area contributed by atoms with E-state index in [1.807, 2.05) is 6.07 Å². The molecule has 23 heavy (non-hydrogen) atoms. The van der Waals surface area contributed by atoms with Crippen LogP contribution >= 0.6 is 0 Å². The van der Waals surface area contributed by atoms with Crippen molar-refractivity contribution in [2.45, 2.75) is 12.3 Å². The van der Waals surface area contributed by atoms with Crippen LogP contribution in [0.2, 0.25) is 0 Å². The molecule has 0 bridgehead atoms. The highest BCUT2D eigenvalue weighted by Gasteiger charge is 2.43. The van der Waals surface area contributed by atoms with Gasteiger partial charge in [0.15, 0.2) is 5.49 Å². The molecule has 2 amide bonds. The molecule has 2 aromatic rings. The van der Waals surface area contributed by atoms with Gasteiger partial charge in [-0.2, -0.15) is 4.99 Å². The lowest BCUT2D eigenvalue weighted by Gasteiger charge is -2.15. The standard InChI is InChI=1S/C10H10O.C7H3N3O2/c1-2-4-10-8(3-1)9-5-7(9)6-11-10;11-6-7(12)10-5-4(9-6)2-1-3-8-5/h1-4,7,9H,5-6H2;1-3H. The number of fused-ring (bicyclic) bond motifs is 4. The van der Waals surface area contributed by atoms with E-state index >= 15 is 0 Å². The first kappa shape index (κ1) is 13.8. The van der Waals surface area contributed by atoms with Gasteiger partial charge in [-0.15, -0.1) is 0 Å². The quantitative estimate of drug-likeness (QED) is 0.666. The van der Waals surface area contributed by atoms with Gasteiger partial charge in [0.2, 0.25) is 0 Å². The van der Waals surface area contributed by atoms with Crippen LogP contribution in [0.3, 0.4) is 0 Å². The molecule has 114 valence electrons. The largest absolute Gasteiger partial charge is 0.493 e. The molecule has 3 heterocycles. The Labute approximate surface area is 131 Å². The van der Waals surface area contributed by atoms with Crippen LogP contribution in [0.4, 0.5) is 0 Å². The van der Waals surface area contributed by atoms with Gasteiger partial charge >= 0.3 is 11.8 Å². The molecule has 5 rings (SSSR count). The van der Waals surface area contributed by atoms with Crippen molar-refractivity contribution in [2.24, 2.45) is 15.9 Å². The van der Waals surface area contributed by atoms with Crippen molar-refractivity contribution in [1.82, 2.24) is 4.98 Å². The molecule has 0 N–H and O–H groups in total. The number of pyridine rings is 1. The van der Waals surface area contributed by atoms with Gasteiger partial charge in [-0.25, -0.2) is 9.98 Å². The van der Waals surface area contributed by atoms with Crippen molar-refractivity contribution in [3.63, 3.8) is 0 Å². The van der Waals surface area contributed by atoms with E-state index in [1.54, 1.807) is 12.1 Å². The fourth-order valence-corrected chi connectivity index (χ4v) is 2.79. The van der Waals surface area contributed by atoms with Crippen LogP contribution in [0.15, 0.2) is 52.6 Å². The Morgan fingerprint density at radius 3 is 2.74 bits per heavy atom. The highest BCUT2D eigenvalue weighted by atomic mass is 16.5. The Morgan fingerprint density at radius 2 is 1.83 bits per heavy atom. The van der Waals surface area contributed by atoms with Crippen molar-refractivity contribution < 1.29 is 14.3 Å². The zero-order valence-corrected chi connectivity index (χ0v) is 12.2. The molecule has 6 nitrogen and oxygen atoms in total. The van der Waals surface area contributed by atoms with Crippen molar-refractivity contribution in [3.05, 3.63) is 59.0 Å². The van der Waals surface area contributed by atoms with E-state index in [2.05, 4.69) is 33.2 Å². The van der Waals surface area contributed by atoms with Gasteiger partial charge in [0.1, 0.15) is 11.1 Å². The summed E-state index contributed by atoms with van der Waals surface area (Å²) in [6, 6.07) is 11.6. The van der Waals surface area contributed by atoms with E-state index < -0.39 is 11.8 Å². The van der Waals surface area contributed by atoms with E-state index in [1.165, 1.54) is 18.2 Å². The van der Waals surface area contributed by atoms with Crippen LogP contribution in [0.25, 0.3) is 0 Å². The van der Waals surface area contributed by atoms with E-state index in [0.29, 0.717) is 5.36 Å². The van der Waals surface area contributed by atoms with Gasteiger partial charge in [0.05, 0.1) is 6.61 Å². The molecule has 1 fully saturated rings. The second-order valence-corrected chi connectivity index (χ2v) is 5.63. The molecule has 0 saturated heterocycles. The third kappa shape index (κ3) is 2.63. The van der Waals surface area contributed by atoms with E-state index in [0.717, 1.165) is 24.2 Å². The number of carbonyl (C=O) groups excluding carboxylic acids is 2. The third-order valence-corrected chi connectivity index (χ3v) is 4.07. The topological polar surface area (TPSA) is 81.0 Å². The highest BCUT2D eigenvalue weighted by Crippen LogP contribution is 2.53. The van der Waals surface area contributed by atoms with Crippen molar-refractivity contribution in [1.29, 1.82) is 0 Å². The number of carbonyl (C=O) groups is 2. The predicted octanol–water partition coefficient (Wildman–Crippen LogP) is 0.570. The lowest BCUT2D eigenvalue weighted by atomic mass is 10.1. The normalized spacial score (nSPS) is 22.8. The van der Waals surface area contributed by atoms with Crippen molar-refractivity contribution >= 4 is 11.8 Å². The van der Waals surface area contributed by atoms with Gasteiger partial charge in [-0.3, -0.25) is 9.59 Å². The SMILES string of the molecule is O=C1N=c2cccnc2=NC1=O.c1ccc2c(c1)OCC1CC21. The van der Waals surface area contributed by atoms with Gasteiger partial charge in [0.25, 0.3) is 0 Å². The molecule has 1 aromatic carbocycles. The van der Waals surface area contributed by atoms with Gasteiger partial charge in [-0.1, -0.05) is 18.2 Å². The average Bonchev–Trinajstić information content (AvgIpc) is 3.37. The summed E-state index contributed by atoms with van der Waals surface area (Å²) in [5, 5.41) is 0.349. The first-order valence-electron chi connectivity index (χ1n) is 7.41. The Hall–Kier alpha value is -2.89. The van der Waals surface area contributed by atoms with Crippen LogP contribution in [0, 0.1) is 5.92 Å². The number of para-hydroxylation sites is 1. The molecular formula is C17H13N3O3. The molecule has 2 unspecified atom stereocenters. The maximum absolute atomic E-state index is 10.7. The van der Waals surface area contributed by atoms with E-state index in [9.17, 15) is 9.59 Å². The Balaban J connectivity index is 0.000000118. The number of hydrogen-bond acceptors (Lipinski definition) is 4. The molecular weight excluding hydrogens is 294 g/mol. The molecule has 6 heteroatoms. The fraction of sp³-hybridized carbons (Fsp3) is 0.235. The lowest BCUT2D eigenvalue weighted by molar-refractivity contribution is -0.135. The smallest absolute Gasteiger partial charge is 0.339 e. The van der Waals surface area contributed by atoms with Crippen molar-refractivity contribution in [2.75, 3.05) is 6.61 Å². The molecule has 3 aliphatic rings. The van der Waals surface area contributed by atoms with Crippen LogP contribution in [0.1, 0.15) is 17.9 Å². The lowest BCUT2D eigenvalue weighted by Crippen LogP contribution is -2.36. The summed E-state index contributed by atoms with van der Waals surface area (Å²) in [7, 11) is 0. The van der Waals surface area contributed by atoms with Crippen LogP contribution < -0.4 is 15.6 Å². The third-order valence-electron chi connectivity index (χ3n) is 4.07. The van der Waals surface area contributed by atoms with Crippen molar-refractivity contribution in [3.8, 4) is 5.75 Å². The number of rotatable bonds is 0. The summed E-state index contributed by atoms with van der Waals surface area (Å²) in [4.78, 5) is 32.1. The number of benzene rings is 1. The maximum atomic E-state index is 10.7. The second-order valence-electron chi connectivity index (χ2n) is 5.63. The number of aromatic nitrogens is 1. The summed E-state index contributed by atoms with van der Waals surface area (Å²) >= 11 is 0. The minimum atomic E-state index is -0.860. The van der Waals surface area contributed by atoms with Gasteiger partial charge < -0.3 is 4.74 Å². The molecule has 0 spiro atoms. The zero-order valence-electron chi connectivity index (χ0n) is 12.2. The highest BCUT2D eigenvalue weighted by molar-refractivity contribution is 6.36. The summed E-state index contributed by atoms with van der Waals surface area (Å²) < 4.78 is 5.58. The van der Waals surface area contributed by atoms with Crippen LogP contribution in [0.5, 0.6) is 5.75 Å². The number of nitrogens with zero attached hydrogens (tertiary/aromatic N) is 3. The summed E-state index contributed by atoms with van der Waals surface area (Å²) in [6.45, 7) is 0.946. The average molecular weight is 307 g/mol. The molecule has 1 aromatic heterocycles. The molecule has 0 radical (unpaired) electrons. The number of hydrogen-bond donors (Lipinski definition) is 0. The predicted molar refractivity (Wildman–Crippen MR) is 79.3 cm³/mol. The Kier molecular flexibility index (Phi) is 3.22. The van der Waals surface area contributed by atoms with Gasteiger partial charge in [0, 0.05) is 12.1 Å². The second kappa shape index (κ2) is 5.39. The first-order chi connectivity index (χ1) is 11.2. The summed E-state index contributed by atoms with van der Waals surface area (Å²) in [5.41, 5.74) is 1.64. The monoisotopic (exact) mass is 307 g/mol. The summed E-state index contributed by atoms with van der Waals surface area (Å²) in [5.74, 6) is 1.09. The van der Waals surface area contributed by atoms with Crippen LogP contribution in [-0.2, 0) is 9.59 Å². The zero-order chi connectivity index (χ0) is 15.8.